The quantitative estimate of drug-likeness (QED) is 0.609. The molecular weight excluding hydrogens is 427 g/mol. The number of carbonyl (C=O) groups is 1. The normalized spacial score (nSPS) is 16.2. The molecule has 1 saturated heterocycles. The van der Waals surface area contributed by atoms with Gasteiger partial charge in [0.1, 0.15) is 30.3 Å². The van der Waals surface area contributed by atoms with Crippen LogP contribution >= 0.6 is 23.2 Å². The summed E-state index contributed by atoms with van der Waals surface area (Å²) in [4.78, 5) is 13.4. The molecule has 0 aromatic heterocycles. The fourth-order valence-corrected chi connectivity index (χ4v) is 3.76. The van der Waals surface area contributed by atoms with Gasteiger partial charge in [-0.05, 0) is 31.0 Å². The molecule has 1 heterocycles. The van der Waals surface area contributed by atoms with Crippen molar-refractivity contribution in [3.63, 3.8) is 0 Å². The van der Waals surface area contributed by atoms with Crippen molar-refractivity contribution in [2.75, 3.05) is 26.2 Å². The van der Waals surface area contributed by atoms with Crippen LogP contribution in [0.4, 0.5) is 0 Å². The van der Waals surface area contributed by atoms with Crippen LogP contribution in [0.25, 0.3) is 0 Å². The number of hydrogen-bond acceptors (Lipinski definition) is 5. The van der Waals surface area contributed by atoms with E-state index in [2.05, 4.69) is 4.90 Å². The van der Waals surface area contributed by atoms with E-state index in [4.69, 9.17) is 38.4 Å². The second-order valence-electron chi connectivity index (χ2n) is 7.41. The summed E-state index contributed by atoms with van der Waals surface area (Å²) in [6.07, 6.45) is 1.29. The number of hydrogen-bond donors (Lipinski definition) is 2. The number of aliphatic hydroxyl groups excluding tert-OH is 1. The minimum absolute atomic E-state index is 0.104. The van der Waals surface area contributed by atoms with Gasteiger partial charge in [-0.1, -0.05) is 41.4 Å². The van der Waals surface area contributed by atoms with Crippen LogP contribution in [0.1, 0.15) is 18.4 Å². The highest BCUT2D eigenvalue weighted by atomic mass is 35.5. The molecule has 1 aliphatic rings. The van der Waals surface area contributed by atoms with E-state index in [-0.39, 0.29) is 19.1 Å². The first kappa shape index (κ1) is 22.7. The molecule has 0 aliphatic carbocycles. The highest BCUT2D eigenvalue weighted by Crippen LogP contribution is 2.28. The second-order valence-corrected chi connectivity index (χ2v) is 8.22. The van der Waals surface area contributed by atoms with Crippen molar-refractivity contribution in [3.8, 4) is 11.5 Å². The lowest BCUT2D eigenvalue weighted by Gasteiger charge is -2.33. The maximum absolute atomic E-state index is 11.2. The van der Waals surface area contributed by atoms with E-state index in [9.17, 15) is 9.90 Å². The minimum Gasteiger partial charge on any atom is -0.491 e. The zero-order valence-electron chi connectivity index (χ0n) is 16.6. The SMILES string of the molecule is NC(=O)Cc1ccccc1OCC(O)CN1CCC(Oc2ccc(Cl)c(Cl)c2)CC1. The zero-order chi connectivity index (χ0) is 21.5. The number of aliphatic hydroxyl groups is 1. The van der Waals surface area contributed by atoms with Gasteiger partial charge in [-0.25, -0.2) is 0 Å². The molecule has 0 saturated carbocycles. The van der Waals surface area contributed by atoms with Crippen LogP contribution in [0.3, 0.4) is 0 Å². The number of nitrogens with zero attached hydrogens (tertiary/aromatic N) is 1. The fraction of sp³-hybridized carbons (Fsp3) is 0.409. The molecule has 2 aromatic carbocycles. The number of rotatable bonds is 9. The largest absolute Gasteiger partial charge is 0.491 e. The summed E-state index contributed by atoms with van der Waals surface area (Å²) in [6.45, 7) is 2.30. The molecule has 2 aromatic rings. The van der Waals surface area contributed by atoms with E-state index in [1.807, 2.05) is 18.2 Å². The lowest BCUT2D eigenvalue weighted by atomic mass is 10.1. The average Bonchev–Trinajstić information content (AvgIpc) is 2.71. The number of amides is 1. The van der Waals surface area contributed by atoms with Gasteiger partial charge < -0.3 is 25.2 Å². The topological polar surface area (TPSA) is 85.0 Å². The van der Waals surface area contributed by atoms with Gasteiger partial charge in [-0.2, -0.15) is 0 Å². The van der Waals surface area contributed by atoms with Crippen molar-refractivity contribution >= 4 is 29.1 Å². The van der Waals surface area contributed by atoms with Gasteiger partial charge in [-0.3, -0.25) is 4.79 Å². The van der Waals surface area contributed by atoms with Crippen molar-refractivity contribution in [2.24, 2.45) is 5.73 Å². The lowest BCUT2D eigenvalue weighted by Crippen LogP contribution is -2.43. The summed E-state index contributed by atoms with van der Waals surface area (Å²) < 4.78 is 11.7. The van der Waals surface area contributed by atoms with Crippen LogP contribution in [-0.2, 0) is 11.2 Å². The van der Waals surface area contributed by atoms with Crippen molar-refractivity contribution < 1.29 is 19.4 Å². The minimum atomic E-state index is -0.640. The molecule has 162 valence electrons. The van der Waals surface area contributed by atoms with Crippen molar-refractivity contribution in [1.29, 1.82) is 0 Å². The first-order chi connectivity index (χ1) is 14.4. The van der Waals surface area contributed by atoms with Gasteiger partial charge in [-0.15, -0.1) is 0 Å². The summed E-state index contributed by atoms with van der Waals surface area (Å²) in [5, 5.41) is 11.4. The summed E-state index contributed by atoms with van der Waals surface area (Å²) in [6, 6.07) is 12.5. The molecule has 1 atom stereocenters. The standard InChI is InChI=1S/C22H26Cl2N2O4/c23-19-6-5-18(12-20(19)24)30-17-7-9-26(10-8-17)13-16(27)14-29-21-4-2-1-3-15(21)11-22(25)28/h1-6,12,16-17,27H,7-11,13-14H2,(H2,25,28). The Kier molecular flexibility index (Phi) is 8.22. The summed E-state index contributed by atoms with van der Waals surface area (Å²) in [7, 11) is 0. The molecule has 1 aliphatic heterocycles. The number of nitrogens with two attached hydrogens (primary N) is 1. The first-order valence-electron chi connectivity index (χ1n) is 9.92. The number of para-hydroxylation sites is 1. The molecule has 30 heavy (non-hydrogen) atoms. The molecule has 0 spiro atoms. The van der Waals surface area contributed by atoms with Crippen LogP contribution in [0.15, 0.2) is 42.5 Å². The van der Waals surface area contributed by atoms with Gasteiger partial charge in [0.15, 0.2) is 0 Å². The maximum atomic E-state index is 11.2. The molecule has 1 unspecified atom stereocenters. The Balaban J connectivity index is 1.41. The first-order valence-corrected chi connectivity index (χ1v) is 10.7. The number of benzene rings is 2. The Morgan fingerprint density at radius 3 is 2.60 bits per heavy atom. The maximum Gasteiger partial charge on any atom is 0.221 e. The van der Waals surface area contributed by atoms with E-state index < -0.39 is 12.0 Å². The van der Waals surface area contributed by atoms with E-state index in [0.717, 1.165) is 31.5 Å². The van der Waals surface area contributed by atoms with Crippen LogP contribution in [0.2, 0.25) is 10.0 Å². The van der Waals surface area contributed by atoms with Crippen molar-refractivity contribution in [2.45, 2.75) is 31.5 Å². The van der Waals surface area contributed by atoms with Crippen molar-refractivity contribution in [1.82, 2.24) is 4.90 Å². The van der Waals surface area contributed by atoms with E-state index in [1.165, 1.54) is 0 Å². The van der Waals surface area contributed by atoms with Crippen LogP contribution in [-0.4, -0.2) is 54.4 Å². The molecule has 8 heteroatoms. The number of ether oxygens (including phenoxy) is 2. The molecule has 1 amide bonds. The van der Waals surface area contributed by atoms with Gasteiger partial charge >= 0.3 is 0 Å². The van der Waals surface area contributed by atoms with E-state index in [1.54, 1.807) is 24.3 Å². The van der Waals surface area contributed by atoms with Gasteiger partial charge in [0, 0.05) is 31.3 Å². The van der Waals surface area contributed by atoms with Gasteiger partial charge in [0.2, 0.25) is 5.91 Å². The Labute approximate surface area is 186 Å². The van der Waals surface area contributed by atoms with Crippen LogP contribution in [0.5, 0.6) is 11.5 Å². The predicted molar refractivity (Wildman–Crippen MR) is 117 cm³/mol. The Morgan fingerprint density at radius 1 is 1.17 bits per heavy atom. The second kappa shape index (κ2) is 10.9. The monoisotopic (exact) mass is 452 g/mol. The number of carbonyl (C=O) groups excluding carboxylic acids is 1. The van der Waals surface area contributed by atoms with E-state index in [0.29, 0.717) is 28.1 Å². The number of likely N-dealkylation sites (tertiary alicyclic amines) is 1. The molecule has 6 nitrogen and oxygen atoms in total. The molecule has 1 fully saturated rings. The zero-order valence-corrected chi connectivity index (χ0v) is 18.1. The molecule has 3 N–H and O–H groups in total. The average molecular weight is 453 g/mol. The highest BCUT2D eigenvalue weighted by molar-refractivity contribution is 6.42. The number of piperidine rings is 1. The molecular formula is C22H26Cl2N2O4. The van der Waals surface area contributed by atoms with Crippen LogP contribution < -0.4 is 15.2 Å². The Morgan fingerprint density at radius 2 is 1.90 bits per heavy atom. The fourth-order valence-electron chi connectivity index (χ4n) is 3.47. The van der Waals surface area contributed by atoms with Gasteiger partial charge in [0.25, 0.3) is 0 Å². The number of β-amino-alcohol motifs (C(OH)–C–C–N with tert-alkyl or cyclic N) is 1. The third-order valence-corrected chi connectivity index (χ3v) is 5.70. The van der Waals surface area contributed by atoms with E-state index >= 15 is 0 Å². The number of primary amides is 1. The Bertz CT molecular complexity index is 857. The van der Waals surface area contributed by atoms with Gasteiger partial charge in [0.05, 0.1) is 16.5 Å². The van der Waals surface area contributed by atoms with Crippen LogP contribution in [0, 0.1) is 0 Å². The summed E-state index contributed by atoms with van der Waals surface area (Å²) in [5.41, 5.74) is 5.99. The molecule has 0 bridgehead atoms. The Hall–Kier alpha value is -1.99. The number of halogens is 2. The summed E-state index contributed by atoms with van der Waals surface area (Å²) >= 11 is 12.0. The van der Waals surface area contributed by atoms with Crippen molar-refractivity contribution in [3.05, 3.63) is 58.1 Å². The third kappa shape index (κ3) is 6.77. The molecule has 0 radical (unpaired) electrons. The smallest absolute Gasteiger partial charge is 0.221 e. The summed E-state index contributed by atoms with van der Waals surface area (Å²) in [5.74, 6) is 0.868. The predicted octanol–water partition coefficient (Wildman–Crippen LogP) is 3.30. The highest BCUT2D eigenvalue weighted by Gasteiger charge is 2.23. The molecule has 3 rings (SSSR count). The third-order valence-electron chi connectivity index (χ3n) is 4.97. The lowest BCUT2D eigenvalue weighted by molar-refractivity contribution is -0.117.